The molecule has 2 rings (SSSR count). The summed E-state index contributed by atoms with van der Waals surface area (Å²) in [5, 5.41) is 22.3. The van der Waals surface area contributed by atoms with Gasteiger partial charge in [-0.25, -0.2) is 0 Å². The molecule has 0 heterocycles. The van der Waals surface area contributed by atoms with Gasteiger partial charge in [0.05, 0.1) is 11.9 Å². The second-order valence-corrected chi connectivity index (χ2v) is 3.28. The zero-order valence-electron chi connectivity index (χ0n) is 10.1. The number of carboxylic acid groups (broad SMARTS) is 2. The molecule has 0 saturated heterocycles. The Morgan fingerprint density at radius 1 is 0.722 bits per heavy atom. The van der Waals surface area contributed by atoms with Crippen molar-refractivity contribution in [1.29, 1.82) is 0 Å². The Hall–Kier alpha value is -0.360. The van der Waals surface area contributed by atoms with E-state index in [2.05, 4.69) is 0 Å². The second kappa shape index (κ2) is 7.28. The predicted molar refractivity (Wildman–Crippen MR) is 52.6 cm³/mol. The fraction of sp³-hybridized carbons (Fsp3) is 0. The van der Waals surface area contributed by atoms with Crippen LogP contribution in [0.2, 0.25) is 0 Å². The van der Waals surface area contributed by atoms with Gasteiger partial charge in [-0.05, 0) is 10.8 Å². The van der Waals surface area contributed by atoms with Crippen LogP contribution < -0.4 is 69.3 Å². The number of carbonyl (C=O) groups excluding carboxylic acids is 2. The fourth-order valence-corrected chi connectivity index (χ4v) is 1.66. The van der Waals surface area contributed by atoms with E-state index in [0.29, 0.717) is 10.8 Å². The van der Waals surface area contributed by atoms with Gasteiger partial charge in [0.25, 0.3) is 0 Å². The number of hydrogen-bond donors (Lipinski definition) is 0. The number of benzene rings is 2. The van der Waals surface area contributed by atoms with Crippen LogP contribution in [-0.4, -0.2) is 11.9 Å². The minimum atomic E-state index is -1.33. The van der Waals surface area contributed by atoms with Gasteiger partial charge in [0.1, 0.15) is 0 Å². The Bertz CT molecular complexity index is 543. The summed E-state index contributed by atoms with van der Waals surface area (Å²) < 4.78 is 0. The van der Waals surface area contributed by atoms with Gasteiger partial charge in [0, 0.05) is 11.1 Å². The van der Waals surface area contributed by atoms with Gasteiger partial charge in [-0.15, -0.1) is 0 Å². The Kier molecular flexibility index (Phi) is 7.14. The van der Waals surface area contributed by atoms with E-state index in [-0.39, 0.29) is 70.2 Å². The first kappa shape index (κ1) is 17.6. The van der Waals surface area contributed by atoms with Crippen LogP contribution in [0.4, 0.5) is 0 Å². The molecule has 0 N–H and O–H groups in total. The molecule has 0 aliphatic heterocycles. The fourth-order valence-electron chi connectivity index (χ4n) is 1.66. The molecule has 4 nitrogen and oxygen atoms in total. The summed E-state index contributed by atoms with van der Waals surface area (Å²) in [6.07, 6.45) is 0. The van der Waals surface area contributed by atoms with Gasteiger partial charge >= 0.3 is 59.1 Å². The van der Waals surface area contributed by atoms with Crippen LogP contribution in [0.3, 0.4) is 0 Å². The Morgan fingerprint density at radius 2 is 1.06 bits per heavy atom. The van der Waals surface area contributed by atoms with E-state index in [4.69, 9.17) is 0 Å². The predicted octanol–water partition coefficient (Wildman–Crippen LogP) is -6.43. The maximum Gasteiger partial charge on any atom is 1.00 e. The van der Waals surface area contributed by atoms with Crippen molar-refractivity contribution in [2.75, 3.05) is 0 Å². The van der Waals surface area contributed by atoms with Crippen molar-refractivity contribution in [2.24, 2.45) is 0 Å². The SMILES string of the molecule is O=C([O-])c1ccc(C(=O)[O-])c2ccccc12.[Na+].[Na+]. The first-order chi connectivity index (χ1) is 7.61. The third-order valence-electron chi connectivity index (χ3n) is 2.36. The molecule has 0 aliphatic rings. The van der Waals surface area contributed by atoms with Gasteiger partial charge in [0.2, 0.25) is 0 Å². The first-order valence-corrected chi connectivity index (χ1v) is 4.55. The van der Waals surface area contributed by atoms with Crippen molar-refractivity contribution in [1.82, 2.24) is 0 Å². The molecule has 0 aliphatic carbocycles. The summed E-state index contributed by atoms with van der Waals surface area (Å²) in [4.78, 5) is 21.6. The molecular weight excluding hydrogens is 254 g/mol. The molecule has 0 saturated carbocycles. The molecule has 80 valence electrons. The van der Waals surface area contributed by atoms with E-state index in [1.54, 1.807) is 12.1 Å². The molecule has 0 radical (unpaired) electrons. The van der Waals surface area contributed by atoms with Gasteiger partial charge < -0.3 is 19.8 Å². The molecule has 6 heteroatoms. The van der Waals surface area contributed by atoms with Crippen molar-refractivity contribution < 1.29 is 78.9 Å². The zero-order chi connectivity index (χ0) is 11.7. The van der Waals surface area contributed by atoms with Gasteiger partial charge in [-0.1, -0.05) is 36.4 Å². The van der Waals surface area contributed by atoms with Gasteiger partial charge in [-0.2, -0.15) is 0 Å². The number of fused-ring (bicyclic) bond motifs is 1. The maximum absolute atomic E-state index is 10.8. The molecule has 2 aromatic carbocycles. The van der Waals surface area contributed by atoms with Crippen LogP contribution in [0.1, 0.15) is 20.7 Å². The quantitative estimate of drug-likeness (QED) is 0.503. The van der Waals surface area contributed by atoms with E-state index in [1.165, 1.54) is 24.3 Å². The van der Waals surface area contributed by atoms with E-state index in [9.17, 15) is 19.8 Å². The first-order valence-electron chi connectivity index (χ1n) is 4.55. The minimum Gasteiger partial charge on any atom is -0.545 e. The Labute approximate surface area is 148 Å². The molecule has 0 aromatic heterocycles. The van der Waals surface area contributed by atoms with Gasteiger partial charge in [0.15, 0.2) is 0 Å². The van der Waals surface area contributed by atoms with Crippen LogP contribution in [0, 0.1) is 0 Å². The summed E-state index contributed by atoms with van der Waals surface area (Å²) in [6.45, 7) is 0. The summed E-state index contributed by atoms with van der Waals surface area (Å²) in [5.41, 5.74) is -0.0544. The van der Waals surface area contributed by atoms with E-state index in [0.717, 1.165) is 0 Å². The van der Waals surface area contributed by atoms with Crippen molar-refractivity contribution in [3.05, 3.63) is 47.5 Å². The van der Waals surface area contributed by atoms with Crippen LogP contribution >= 0.6 is 0 Å². The molecule has 0 atom stereocenters. The molecule has 18 heavy (non-hydrogen) atoms. The van der Waals surface area contributed by atoms with E-state index < -0.39 is 11.9 Å². The Balaban J connectivity index is 0.00000144. The summed E-state index contributed by atoms with van der Waals surface area (Å²) in [6, 6.07) is 8.76. The average Bonchev–Trinajstić information content (AvgIpc) is 2.27. The standard InChI is InChI=1S/C12H8O4.2Na/c13-11(14)9-5-6-10(12(15)16)8-4-2-1-3-7(8)9;;/h1-6H,(H,13,14)(H,15,16);;/q;2*+1/p-2. The second-order valence-electron chi connectivity index (χ2n) is 3.28. The molecule has 0 amide bonds. The summed E-state index contributed by atoms with van der Waals surface area (Å²) in [7, 11) is 0. The van der Waals surface area contributed by atoms with Crippen molar-refractivity contribution in [3.63, 3.8) is 0 Å². The molecule has 2 aromatic rings. The summed E-state index contributed by atoms with van der Waals surface area (Å²) >= 11 is 0. The van der Waals surface area contributed by atoms with E-state index >= 15 is 0 Å². The largest absolute Gasteiger partial charge is 1.00 e. The van der Waals surface area contributed by atoms with Crippen molar-refractivity contribution in [3.8, 4) is 0 Å². The van der Waals surface area contributed by atoms with Crippen LogP contribution in [0.25, 0.3) is 10.8 Å². The van der Waals surface area contributed by atoms with E-state index in [1.807, 2.05) is 0 Å². The normalized spacial score (nSPS) is 9.11. The van der Waals surface area contributed by atoms with Gasteiger partial charge in [-0.3, -0.25) is 0 Å². The third kappa shape index (κ3) is 3.35. The van der Waals surface area contributed by atoms with Crippen LogP contribution in [0.15, 0.2) is 36.4 Å². The topological polar surface area (TPSA) is 80.3 Å². The molecule has 0 bridgehead atoms. The Morgan fingerprint density at radius 3 is 1.33 bits per heavy atom. The summed E-state index contributed by atoms with van der Waals surface area (Å²) in [5.74, 6) is -2.66. The molecular formula is C12H6Na2O4. The van der Waals surface area contributed by atoms with Crippen molar-refractivity contribution in [2.45, 2.75) is 0 Å². The number of carboxylic acids is 2. The maximum atomic E-state index is 10.8. The number of carbonyl (C=O) groups is 2. The third-order valence-corrected chi connectivity index (χ3v) is 2.36. The molecule has 0 unspecified atom stereocenters. The smallest absolute Gasteiger partial charge is 0.545 e. The van der Waals surface area contributed by atoms with Crippen LogP contribution in [-0.2, 0) is 0 Å². The molecule has 0 fully saturated rings. The average molecular weight is 260 g/mol. The number of rotatable bonds is 2. The van der Waals surface area contributed by atoms with Crippen molar-refractivity contribution >= 4 is 22.7 Å². The van der Waals surface area contributed by atoms with Crippen LogP contribution in [0.5, 0.6) is 0 Å². The molecule has 0 spiro atoms. The number of aromatic carboxylic acids is 2. The number of hydrogen-bond acceptors (Lipinski definition) is 4. The monoisotopic (exact) mass is 260 g/mol. The minimum absolute atomic E-state index is 0. The zero-order valence-corrected chi connectivity index (χ0v) is 14.1.